The van der Waals surface area contributed by atoms with Gasteiger partial charge < -0.3 is 19.5 Å². The fourth-order valence-corrected chi connectivity index (χ4v) is 1.60. The maximum absolute atomic E-state index is 8.86. The number of hydrogen-bond acceptors (Lipinski definition) is 6. The summed E-state index contributed by atoms with van der Waals surface area (Å²) in [7, 11) is 1.42. The first-order valence-electron chi connectivity index (χ1n) is 5.82. The average Bonchev–Trinajstić information content (AvgIpc) is 2.38. The van der Waals surface area contributed by atoms with Crippen LogP contribution in [0.4, 0.5) is 0 Å². The van der Waals surface area contributed by atoms with Crippen molar-refractivity contribution in [1.82, 2.24) is 0 Å². The van der Waals surface area contributed by atoms with Crippen LogP contribution in [0.3, 0.4) is 0 Å². The molecule has 1 rings (SSSR count). The predicted molar refractivity (Wildman–Crippen MR) is 64.0 cm³/mol. The van der Waals surface area contributed by atoms with E-state index < -0.39 is 0 Å². The topological polar surface area (TPSA) is 72.6 Å². The van der Waals surface area contributed by atoms with Crippen LogP contribution in [0, 0.1) is 0 Å². The molecule has 0 aromatic carbocycles. The van der Waals surface area contributed by atoms with Crippen molar-refractivity contribution in [1.29, 1.82) is 0 Å². The van der Waals surface area contributed by atoms with Crippen molar-refractivity contribution < 1.29 is 19.5 Å². The molecule has 1 fully saturated rings. The number of hydrogen-bond donors (Lipinski definition) is 1. The summed E-state index contributed by atoms with van der Waals surface area (Å²) in [6, 6.07) is 0. The lowest BCUT2D eigenvalue weighted by atomic mass is 9.99. The number of rotatable bonds is 7. The van der Waals surface area contributed by atoms with Crippen molar-refractivity contribution >= 4 is 11.4 Å². The van der Waals surface area contributed by atoms with Gasteiger partial charge in [-0.05, 0) is 25.7 Å². The highest BCUT2D eigenvalue weighted by molar-refractivity contribution is 5.86. The third-order valence-corrected chi connectivity index (χ3v) is 2.43. The van der Waals surface area contributed by atoms with E-state index in [1.807, 2.05) is 0 Å². The lowest BCUT2D eigenvalue weighted by Gasteiger charge is -2.11. The number of aliphatic hydroxyl groups is 1. The summed E-state index contributed by atoms with van der Waals surface area (Å²) in [5.41, 5.74) is 1.52. The normalized spacial score (nSPS) is 16.8. The van der Waals surface area contributed by atoms with Crippen LogP contribution in [0.15, 0.2) is 10.3 Å². The minimum absolute atomic E-state index is 0.0617. The van der Waals surface area contributed by atoms with Gasteiger partial charge in [0.25, 0.3) is 0 Å². The lowest BCUT2D eigenvalue weighted by molar-refractivity contribution is -0.0402. The van der Waals surface area contributed by atoms with Gasteiger partial charge in [0.05, 0.1) is 18.9 Å². The van der Waals surface area contributed by atoms with Crippen LogP contribution >= 0.6 is 0 Å². The van der Waals surface area contributed by atoms with Crippen molar-refractivity contribution in [3.63, 3.8) is 0 Å². The highest BCUT2D eigenvalue weighted by Crippen LogP contribution is 2.14. The molecule has 6 heteroatoms. The zero-order valence-electron chi connectivity index (χ0n) is 10.2. The van der Waals surface area contributed by atoms with Gasteiger partial charge in [-0.2, -0.15) is 0 Å². The van der Waals surface area contributed by atoms with Gasteiger partial charge in [-0.15, -0.1) is 0 Å². The second kappa shape index (κ2) is 8.95. The van der Waals surface area contributed by atoms with Gasteiger partial charge in [0.2, 0.25) is 6.79 Å². The van der Waals surface area contributed by atoms with Crippen molar-refractivity contribution in [2.75, 3.05) is 27.1 Å². The molecule has 0 aliphatic heterocycles. The monoisotopic (exact) mass is 244 g/mol. The fourth-order valence-electron chi connectivity index (χ4n) is 1.60. The van der Waals surface area contributed by atoms with Gasteiger partial charge in [0.1, 0.15) is 12.8 Å². The van der Waals surface area contributed by atoms with Crippen LogP contribution in [-0.2, 0) is 14.4 Å². The molecule has 0 aromatic rings. The molecule has 0 amide bonds. The molecule has 0 bridgehead atoms. The molecule has 17 heavy (non-hydrogen) atoms. The molecular formula is C11H20N2O4. The smallest absolute Gasteiger partial charge is 0.216 e. The summed E-state index contributed by atoms with van der Waals surface area (Å²) in [5.74, 6) is 0. The zero-order chi connectivity index (χ0) is 12.3. The lowest BCUT2D eigenvalue weighted by Crippen LogP contribution is -2.15. The third kappa shape index (κ3) is 6.23. The Morgan fingerprint density at radius 2 is 2.06 bits per heavy atom. The second-order valence-corrected chi connectivity index (χ2v) is 3.81. The van der Waals surface area contributed by atoms with Crippen LogP contribution < -0.4 is 0 Å². The molecule has 1 N–H and O–H groups in total. The largest absolute Gasteiger partial charge is 0.399 e. The minimum Gasteiger partial charge on any atom is -0.399 e. The number of oxime groups is 2. The number of aliphatic hydroxyl groups excluding tert-OH is 1. The van der Waals surface area contributed by atoms with E-state index >= 15 is 0 Å². The van der Waals surface area contributed by atoms with E-state index in [1.54, 1.807) is 0 Å². The highest BCUT2D eigenvalue weighted by Gasteiger charge is 2.06. The molecule has 98 valence electrons. The Hall–Kier alpha value is -1.14. The molecular weight excluding hydrogens is 224 g/mol. The van der Waals surface area contributed by atoms with Crippen LogP contribution in [-0.4, -0.2) is 43.6 Å². The average molecular weight is 244 g/mol. The van der Waals surface area contributed by atoms with E-state index in [-0.39, 0.29) is 20.0 Å². The van der Waals surface area contributed by atoms with Crippen LogP contribution in [0.1, 0.15) is 32.1 Å². The molecule has 0 spiro atoms. The maximum Gasteiger partial charge on any atom is 0.216 e. The molecule has 1 saturated carbocycles. The molecule has 0 heterocycles. The fraction of sp³-hybridized carbons (Fsp3) is 0.818. The van der Waals surface area contributed by atoms with Gasteiger partial charge in [-0.3, -0.25) is 0 Å². The molecule has 0 aromatic heterocycles. The Bertz CT molecular complexity index is 258. The maximum atomic E-state index is 8.86. The predicted octanol–water partition coefficient (Wildman–Crippen LogP) is 1.29. The van der Waals surface area contributed by atoms with Crippen LogP contribution in [0.5, 0.6) is 0 Å². The van der Waals surface area contributed by atoms with Crippen LogP contribution in [0.2, 0.25) is 0 Å². The molecule has 0 unspecified atom stereocenters. The van der Waals surface area contributed by atoms with Gasteiger partial charge in [0.15, 0.2) is 0 Å². The van der Waals surface area contributed by atoms with E-state index in [0.717, 1.165) is 18.6 Å². The number of ether oxygens (including phenoxy) is 1. The molecule has 1 aliphatic carbocycles. The Labute approximate surface area is 101 Å². The third-order valence-electron chi connectivity index (χ3n) is 2.43. The van der Waals surface area contributed by atoms with E-state index in [9.17, 15) is 0 Å². The van der Waals surface area contributed by atoms with E-state index in [2.05, 4.69) is 15.1 Å². The molecule has 1 aliphatic rings. The van der Waals surface area contributed by atoms with E-state index in [4.69, 9.17) is 14.7 Å². The second-order valence-electron chi connectivity index (χ2n) is 3.81. The summed E-state index contributed by atoms with van der Waals surface area (Å²) in [6.07, 6.45) is 5.71. The van der Waals surface area contributed by atoms with Gasteiger partial charge in [0, 0.05) is 0 Å². The zero-order valence-corrected chi connectivity index (χ0v) is 10.2. The molecule has 0 atom stereocenters. The number of nitrogens with zero attached hydrogens (tertiary/aromatic N) is 2. The summed E-state index contributed by atoms with van der Waals surface area (Å²) in [6.45, 7) is 0.0454. The molecule has 0 radical (unpaired) electrons. The standard InChI is InChI=1S/C11H20N2O4/c1-15-12-11(7-14)8-16-9-17-13-10-5-3-2-4-6-10/h14H,2-9H2,1H3/b12-11-. The van der Waals surface area contributed by atoms with Crippen molar-refractivity contribution in [3.05, 3.63) is 0 Å². The summed E-state index contributed by atoms with van der Waals surface area (Å²) in [5, 5.41) is 16.4. The van der Waals surface area contributed by atoms with E-state index in [0.29, 0.717) is 5.71 Å². The Balaban J connectivity index is 2.09. The molecule has 0 saturated heterocycles. The van der Waals surface area contributed by atoms with E-state index in [1.165, 1.54) is 26.4 Å². The highest BCUT2D eigenvalue weighted by atomic mass is 16.7. The van der Waals surface area contributed by atoms with Gasteiger partial charge >= 0.3 is 0 Å². The first-order valence-corrected chi connectivity index (χ1v) is 5.82. The van der Waals surface area contributed by atoms with Crippen molar-refractivity contribution in [3.8, 4) is 0 Å². The Kier molecular flexibility index (Phi) is 7.33. The van der Waals surface area contributed by atoms with Gasteiger partial charge in [-0.1, -0.05) is 16.7 Å². The summed E-state index contributed by atoms with van der Waals surface area (Å²) >= 11 is 0. The summed E-state index contributed by atoms with van der Waals surface area (Å²) < 4.78 is 5.13. The quantitative estimate of drug-likeness (QED) is 0.317. The molecule has 6 nitrogen and oxygen atoms in total. The first-order chi connectivity index (χ1) is 8.36. The first kappa shape index (κ1) is 13.9. The minimum atomic E-state index is -0.192. The summed E-state index contributed by atoms with van der Waals surface area (Å²) in [4.78, 5) is 9.56. The SMILES string of the molecule is CO/N=C(/CO)COCON=C1CCCCC1. The van der Waals surface area contributed by atoms with Crippen molar-refractivity contribution in [2.24, 2.45) is 10.3 Å². The van der Waals surface area contributed by atoms with Crippen LogP contribution in [0.25, 0.3) is 0 Å². The van der Waals surface area contributed by atoms with Crippen molar-refractivity contribution in [2.45, 2.75) is 32.1 Å². The Morgan fingerprint density at radius 3 is 2.71 bits per heavy atom. The Morgan fingerprint density at radius 1 is 1.29 bits per heavy atom. The van der Waals surface area contributed by atoms with Gasteiger partial charge in [-0.25, -0.2) is 0 Å².